The van der Waals surface area contributed by atoms with E-state index in [0.717, 1.165) is 11.8 Å². The quantitative estimate of drug-likeness (QED) is 0.741. The van der Waals surface area contributed by atoms with E-state index in [4.69, 9.17) is 14.6 Å². The average Bonchev–Trinajstić information content (AvgIpc) is 2.77. The van der Waals surface area contributed by atoms with E-state index >= 15 is 0 Å². The smallest absolute Gasteiger partial charge is 0.169 e. The summed E-state index contributed by atoms with van der Waals surface area (Å²) in [5.74, 6) is -0.360. The molecule has 0 saturated heterocycles. The van der Waals surface area contributed by atoms with Crippen molar-refractivity contribution in [2.24, 2.45) is 0 Å². The minimum absolute atomic E-state index is 0.0664. The summed E-state index contributed by atoms with van der Waals surface area (Å²) in [6.07, 6.45) is 1.78. The number of rotatable bonds is 6. The van der Waals surface area contributed by atoms with Gasteiger partial charge in [0, 0.05) is 6.04 Å². The van der Waals surface area contributed by atoms with E-state index in [2.05, 4.69) is 5.32 Å². The SMILES string of the molecule is CC(Cc1ccc2occ(F)c2c1)NC(CO)CO. The number of halogens is 1. The van der Waals surface area contributed by atoms with Crippen molar-refractivity contribution < 1.29 is 19.0 Å². The number of benzene rings is 1. The Morgan fingerprint density at radius 2 is 2.05 bits per heavy atom. The summed E-state index contributed by atoms with van der Waals surface area (Å²) in [6, 6.07) is 5.13. The average molecular weight is 267 g/mol. The van der Waals surface area contributed by atoms with Crippen molar-refractivity contribution in [1.82, 2.24) is 5.32 Å². The van der Waals surface area contributed by atoms with Crippen LogP contribution in [-0.2, 0) is 6.42 Å². The Morgan fingerprint density at radius 1 is 1.32 bits per heavy atom. The van der Waals surface area contributed by atoms with Gasteiger partial charge in [0.05, 0.1) is 24.6 Å². The molecule has 2 rings (SSSR count). The maximum Gasteiger partial charge on any atom is 0.169 e. The largest absolute Gasteiger partial charge is 0.461 e. The minimum atomic E-state index is -0.360. The maximum absolute atomic E-state index is 13.4. The summed E-state index contributed by atoms with van der Waals surface area (Å²) in [7, 11) is 0. The van der Waals surface area contributed by atoms with Crippen LogP contribution in [-0.4, -0.2) is 35.5 Å². The zero-order valence-corrected chi connectivity index (χ0v) is 10.8. The predicted octanol–water partition coefficient (Wildman–Crippen LogP) is 1.45. The lowest BCUT2D eigenvalue weighted by Gasteiger charge is -2.19. The number of nitrogens with one attached hydrogen (secondary N) is 1. The van der Waals surface area contributed by atoms with E-state index in [1.807, 2.05) is 13.0 Å². The summed E-state index contributed by atoms with van der Waals surface area (Å²) in [4.78, 5) is 0. The highest BCUT2D eigenvalue weighted by molar-refractivity contribution is 5.78. The minimum Gasteiger partial charge on any atom is -0.461 e. The Bertz CT molecular complexity index is 536. The monoisotopic (exact) mass is 267 g/mol. The second kappa shape index (κ2) is 6.14. The molecule has 1 unspecified atom stereocenters. The first-order valence-electron chi connectivity index (χ1n) is 6.27. The molecule has 2 aromatic rings. The third-order valence-corrected chi connectivity index (χ3v) is 3.09. The van der Waals surface area contributed by atoms with Gasteiger partial charge >= 0.3 is 0 Å². The molecule has 0 amide bonds. The zero-order chi connectivity index (χ0) is 13.8. The molecule has 1 aromatic carbocycles. The first-order chi connectivity index (χ1) is 9.13. The lowest BCUT2D eigenvalue weighted by atomic mass is 10.0. The maximum atomic E-state index is 13.4. The Kier molecular flexibility index (Phi) is 4.52. The third-order valence-electron chi connectivity index (χ3n) is 3.09. The van der Waals surface area contributed by atoms with E-state index in [1.54, 1.807) is 12.1 Å². The van der Waals surface area contributed by atoms with Crippen LogP contribution in [0.2, 0.25) is 0 Å². The summed E-state index contributed by atoms with van der Waals surface area (Å²) < 4.78 is 18.5. The molecule has 0 saturated carbocycles. The number of furan rings is 1. The van der Waals surface area contributed by atoms with Crippen molar-refractivity contribution in [3.63, 3.8) is 0 Å². The molecular weight excluding hydrogens is 249 g/mol. The van der Waals surface area contributed by atoms with Gasteiger partial charge in [-0.3, -0.25) is 0 Å². The highest BCUT2D eigenvalue weighted by atomic mass is 19.1. The van der Waals surface area contributed by atoms with Gasteiger partial charge in [0.15, 0.2) is 5.82 Å². The van der Waals surface area contributed by atoms with Gasteiger partial charge in [-0.25, -0.2) is 4.39 Å². The van der Waals surface area contributed by atoms with Gasteiger partial charge in [-0.05, 0) is 31.0 Å². The van der Waals surface area contributed by atoms with Crippen LogP contribution < -0.4 is 5.32 Å². The standard InChI is InChI=1S/C14H18FNO3/c1-9(16-11(6-17)7-18)4-10-2-3-14-12(5-10)13(15)8-19-14/h2-3,5,8-9,11,16-18H,4,6-7H2,1H3. The van der Waals surface area contributed by atoms with Gasteiger partial charge < -0.3 is 19.9 Å². The normalized spacial score (nSPS) is 13.3. The van der Waals surface area contributed by atoms with Gasteiger partial charge in [0.2, 0.25) is 0 Å². The second-order valence-electron chi connectivity index (χ2n) is 4.75. The van der Waals surface area contributed by atoms with E-state index in [0.29, 0.717) is 17.4 Å². The van der Waals surface area contributed by atoms with Crippen molar-refractivity contribution in [3.05, 3.63) is 35.8 Å². The highest BCUT2D eigenvalue weighted by Gasteiger charge is 2.12. The fraction of sp³-hybridized carbons (Fsp3) is 0.429. The molecule has 1 atom stereocenters. The Labute approximate surface area is 110 Å². The molecule has 1 heterocycles. The van der Waals surface area contributed by atoms with Crippen molar-refractivity contribution in [2.75, 3.05) is 13.2 Å². The molecule has 4 nitrogen and oxygen atoms in total. The number of fused-ring (bicyclic) bond motifs is 1. The molecule has 0 radical (unpaired) electrons. The molecule has 1 aromatic heterocycles. The molecule has 0 bridgehead atoms. The summed E-state index contributed by atoms with van der Waals surface area (Å²) in [6.45, 7) is 1.72. The molecule has 0 fully saturated rings. The van der Waals surface area contributed by atoms with Crippen LogP contribution in [0, 0.1) is 5.82 Å². The van der Waals surface area contributed by atoms with E-state index in [1.165, 1.54) is 0 Å². The van der Waals surface area contributed by atoms with Crippen molar-refractivity contribution in [2.45, 2.75) is 25.4 Å². The van der Waals surface area contributed by atoms with Crippen LogP contribution in [0.3, 0.4) is 0 Å². The highest BCUT2D eigenvalue weighted by Crippen LogP contribution is 2.21. The van der Waals surface area contributed by atoms with Crippen LogP contribution in [0.15, 0.2) is 28.9 Å². The predicted molar refractivity (Wildman–Crippen MR) is 70.4 cm³/mol. The van der Waals surface area contributed by atoms with Crippen LogP contribution in [0.25, 0.3) is 11.0 Å². The van der Waals surface area contributed by atoms with Crippen LogP contribution in [0.5, 0.6) is 0 Å². The lowest BCUT2D eigenvalue weighted by molar-refractivity contribution is 0.163. The summed E-state index contributed by atoms with van der Waals surface area (Å²) in [5.41, 5.74) is 1.51. The molecule has 104 valence electrons. The molecule has 0 spiro atoms. The number of hydrogen-bond donors (Lipinski definition) is 3. The second-order valence-corrected chi connectivity index (χ2v) is 4.75. The topological polar surface area (TPSA) is 65.6 Å². The number of aliphatic hydroxyl groups excluding tert-OH is 2. The van der Waals surface area contributed by atoms with Gasteiger partial charge in [-0.15, -0.1) is 0 Å². The van der Waals surface area contributed by atoms with Gasteiger partial charge in [0.1, 0.15) is 11.8 Å². The molecule has 3 N–H and O–H groups in total. The molecule has 0 aliphatic heterocycles. The third kappa shape index (κ3) is 3.32. The van der Waals surface area contributed by atoms with Crippen LogP contribution in [0.4, 0.5) is 4.39 Å². The van der Waals surface area contributed by atoms with Crippen LogP contribution >= 0.6 is 0 Å². The van der Waals surface area contributed by atoms with E-state index in [9.17, 15) is 4.39 Å². The number of hydrogen-bond acceptors (Lipinski definition) is 4. The molecule has 19 heavy (non-hydrogen) atoms. The molecular formula is C14H18FNO3. The molecule has 0 aliphatic rings. The fourth-order valence-electron chi connectivity index (χ4n) is 2.15. The van der Waals surface area contributed by atoms with E-state index in [-0.39, 0.29) is 31.1 Å². The Balaban J connectivity index is 2.06. The van der Waals surface area contributed by atoms with E-state index < -0.39 is 0 Å². The Morgan fingerprint density at radius 3 is 2.74 bits per heavy atom. The van der Waals surface area contributed by atoms with Gasteiger partial charge in [-0.2, -0.15) is 0 Å². The zero-order valence-electron chi connectivity index (χ0n) is 10.8. The Hall–Kier alpha value is -1.43. The molecule has 5 heteroatoms. The van der Waals surface area contributed by atoms with Crippen molar-refractivity contribution >= 4 is 11.0 Å². The first kappa shape index (κ1) is 14.0. The summed E-state index contributed by atoms with van der Waals surface area (Å²) in [5, 5.41) is 21.6. The number of aliphatic hydroxyl groups is 2. The molecule has 0 aliphatic carbocycles. The van der Waals surface area contributed by atoms with Crippen molar-refractivity contribution in [1.29, 1.82) is 0 Å². The van der Waals surface area contributed by atoms with Gasteiger partial charge in [0.25, 0.3) is 0 Å². The summed E-state index contributed by atoms with van der Waals surface area (Å²) >= 11 is 0. The first-order valence-corrected chi connectivity index (χ1v) is 6.27. The van der Waals surface area contributed by atoms with Crippen LogP contribution in [0.1, 0.15) is 12.5 Å². The van der Waals surface area contributed by atoms with Crippen molar-refractivity contribution in [3.8, 4) is 0 Å². The van der Waals surface area contributed by atoms with Gasteiger partial charge in [-0.1, -0.05) is 6.07 Å². The lowest BCUT2D eigenvalue weighted by Crippen LogP contribution is -2.42. The fourth-order valence-corrected chi connectivity index (χ4v) is 2.15.